The molecule has 4 N–H and O–H groups in total. The highest BCUT2D eigenvalue weighted by Gasteiger charge is 2.19. The molecule has 0 aromatic carbocycles. The number of aliphatic hydroxyl groups excluding tert-OH is 1. The maximum absolute atomic E-state index is 12.8. The molecule has 338 valence electrons. The molecule has 0 saturated heterocycles. The van der Waals surface area contributed by atoms with E-state index < -0.39 is 24.5 Å². The zero-order valence-corrected chi connectivity index (χ0v) is 37.6. The smallest absolute Gasteiger partial charge is 0.328 e. The minimum absolute atomic E-state index is 0.109. The third kappa shape index (κ3) is 40.1. The van der Waals surface area contributed by atoms with Crippen LogP contribution in [0.2, 0.25) is 0 Å². The molecule has 9 nitrogen and oxygen atoms in total. The minimum atomic E-state index is -1.39. The summed E-state index contributed by atoms with van der Waals surface area (Å²) >= 11 is 0. The summed E-state index contributed by atoms with van der Waals surface area (Å²) in [7, 11) is 0. The first-order chi connectivity index (χ1) is 28.3. The van der Waals surface area contributed by atoms with E-state index in [0.717, 1.165) is 51.4 Å². The molecule has 2 atom stereocenters. The Labute approximate surface area is 355 Å². The zero-order valence-electron chi connectivity index (χ0n) is 37.6. The van der Waals surface area contributed by atoms with Crippen molar-refractivity contribution < 1.29 is 34.1 Å². The molecule has 0 aliphatic rings. The Balaban J connectivity index is 4.09. The first-order valence-electron chi connectivity index (χ1n) is 24.2. The lowest BCUT2D eigenvalue weighted by Gasteiger charge is -2.15. The molecule has 0 aliphatic carbocycles. The number of nitrogens with one attached hydrogen (secondary N) is 2. The molecule has 0 aliphatic heterocycles. The number of ether oxygens (including phenoxy) is 1. The van der Waals surface area contributed by atoms with Crippen LogP contribution in [0.4, 0.5) is 0 Å². The summed E-state index contributed by atoms with van der Waals surface area (Å²) in [6.45, 7) is 3.46. The molecule has 0 aromatic rings. The Bertz CT molecular complexity index is 1030. The SMILES string of the molecule is CCCCCCCC/C=C\C(CCCCCCC(=O)NCC(=O)NC(CO)C(=O)O)OC(=O)CCCCCCCCCCCCC/C=C\CCCCCCCCCC. The predicted molar refractivity (Wildman–Crippen MR) is 241 cm³/mol. The van der Waals surface area contributed by atoms with Crippen LogP contribution in [0, 0.1) is 0 Å². The second-order valence-corrected chi connectivity index (χ2v) is 16.5. The van der Waals surface area contributed by atoms with Crippen LogP contribution in [0.3, 0.4) is 0 Å². The van der Waals surface area contributed by atoms with Gasteiger partial charge in [0.05, 0.1) is 13.2 Å². The summed E-state index contributed by atoms with van der Waals surface area (Å²) in [6, 6.07) is -1.39. The van der Waals surface area contributed by atoms with Gasteiger partial charge in [-0.15, -0.1) is 0 Å². The number of carbonyl (C=O) groups excluding carboxylic acids is 3. The normalized spacial score (nSPS) is 12.6. The van der Waals surface area contributed by atoms with Crippen molar-refractivity contribution in [3.05, 3.63) is 24.3 Å². The summed E-state index contributed by atoms with van der Waals surface area (Å²) < 4.78 is 5.93. The first kappa shape index (κ1) is 55.3. The first-order valence-corrected chi connectivity index (χ1v) is 24.2. The predicted octanol–water partition coefficient (Wildman–Crippen LogP) is 12.4. The number of allylic oxidation sites excluding steroid dienone is 3. The molecule has 0 heterocycles. The second-order valence-electron chi connectivity index (χ2n) is 16.5. The molecule has 0 aromatic heterocycles. The lowest BCUT2D eigenvalue weighted by molar-refractivity contribution is -0.147. The largest absolute Gasteiger partial charge is 0.480 e. The molecule has 58 heavy (non-hydrogen) atoms. The van der Waals surface area contributed by atoms with E-state index in [1.54, 1.807) is 0 Å². The lowest BCUT2D eigenvalue weighted by atomic mass is 10.0. The van der Waals surface area contributed by atoms with E-state index in [9.17, 15) is 19.2 Å². The zero-order chi connectivity index (χ0) is 42.6. The number of aliphatic hydroxyl groups is 1. The van der Waals surface area contributed by atoms with Gasteiger partial charge in [-0.3, -0.25) is 14.4 Å². The molecule has 0 bridgehead atoms. The Morgan fingerprint density at radius 1 is 0.517 bits per heavy atom. The molecule has 2 amide bonds. The van der Waals surface area contributed by atoms with Crippen molar-refractivity contribution in [2.45, 2.75) is 251 Å². The molecule has 0 saturated carbocycles. The van der Waals surface area contributed by atoms with Crippen LogP contribution in [0.15, 0.2) is 24.3 Å². The fraction of sp³-hybridized carbons (Fsp3) is 0.837. The minimum Gasteiger partial charge on any atom is -0.480 e. The van der Waals surface area contributed by atoms with Gasteiger partial charge in [0.2, 0.25) is 11.8 Å². The number of aliphatic carboxylic acids is 1. The van der Waals surface area contributed by atoms with Gasteiger partial charge in [0.15, 0.2) is 0 Å². The van der Waals surface area contributed by atoms with Crippen molar-refractivity contribution in [1.29, 1.82) is 0 Å². The number of hydrogen-bond donors (Lipinski definition) is 4. The third-order valence-electron chi connectivity index (χ3n) is 10.9. The van der Waals surface area contributed by atoms with Crippen LogP contribution >= 0.6 is 0 Å². The number of carboxylic acids is 1. The summed E-state index contributed by atoms with van der Waals surface area (Å²) in [6.07, 6.45) is 49.5. The van der Waals surface area contributed by atoms with Gasteiger partial charge in [0.25, 0.3) is 0 Å². The van der Waals surface area contributed by atoms with Gasteiger partial charge in [-0.1, -0.05) is 180 Å². The van der Waals surface area contributed by atoms with Gasteiger partial charge >= 0.3 is 11.9 Å². The Hall–Kier alpha value is -2.68. The maximum atomic E-state index is 12.8. The summed E-state index contributed by atoms with van der Waals surface area (Å²) in [4.78, 5) is 47.6. The molecule has 9 heteroatoms. The van der Waals surface area contributed by atoms with Crippen LogP contribution in [0.5, 0.6) is 0 Å². The van der Waals surface area contributed by atoms with Gasteiger partial charge in [0.1, 0.15) is 12.1 Å². The quantitative estimate of drug-likeness (QED) is 0.0272. The van der Waals surface area contributed by atoms with Crippen LogP contribution in [0.25, 0.3) is 0 Å². The number of esters is 1. The Morgan fingerprint density at radius 3 is 1.40 bits per heavy atom. The van der Waals surface area contributed by atoms with Crippen molar-refractivity contribution in [2.24, 2.45) is 0 Å². The molecule has 0 rings (SSSR count). The monoisotopic (exact) mass is 819 g/mol. The number of amides is 2. The van der Waals surface area contributed by atoms with E-state index in [1.165, 1.54) is 154 Å². The molecular formula is C49H90N2O7. The topological polar surface area (TPSA) is 142 Å². The lowest BCUT2D eigenvalue weighted by Crippen LogP contribution is -2.47. The third-order valence-corrected chi connectivity index (χ3v) is 10.9. The van der Waals surface area contributed by atoms with Crippen LogP contribution in [-0.2, 0) is 23.9 Å². The van der Waals surface area contributed by atoms with E-state index in [2.05, 4.69) is 48.8 Å². The van der Waals surface area contributed by atoms with E-state index >= 15 is 0 Å². The fourth-order valence-electron chi connectivity index (χ4n) is 7.15. The summed E-state index contributed by atoms with van der Waals surface area (Å²) in [5.41, 5.74) is 0. The molecular weight excluding hydrogens is 729 g/mol. The molecule has 0 fully saturated rings. The highest BCUT2D eigenvalue weighted by molar-refractivity contribution is 5.87. The van der Waals surface area contributed by atoms with Gasteiger partial charge in [-0.25, -0.2) is 4.79 Å². The van der Waals surface area contributed by atoms with Gasteiger partial charge < -0.3 is 25.6 Å². The summed E-state index contributed by atoms with van der Waals surface area (Å²) in [5, 5.41) is 22.6. The van der Waals surface area contributed by atoms with Crippen LogP contribution in [-0.4, -0.2) is 59.3 Å². The maximum Gasteiger partial charge on any atom is 0.328 e. The molecule has 2 unspecified atom stereocenters. The van der Waals surface area contributed by atoms with Crippen molar-refractivity contribution >= 4 is 23.8 Å². The number of unbranched alkanes of at least 4 members (excludes halogenated alkanes) is 28. The number of carboxylic acid groups (broad SMARTS) is 1. The van der Waals surface area contributed by atoms with Crippen LogP contribution in [0.1, 0.15) is 239 Å². The Kier molecular flexibility index (Phi) is 41.9. The number of carbonyl (C=O) groups is 4. The highest BCUT2D eigenvalue weighted by Crippen LogP contribution is 2.16. The fourth-order valence-corrected chi connectivity index (χ4v) is 7.15. The number of hydrogen-bond acceptors (Lipinski definition) is 6. The Morgan fingerprint density at radius 2 is 0.931 bits per heavy atom. The van der Waals surface area contributed by atoms with E-state index in [0.29, 0.717) is 12.8 Å². The summed E-state index contributed by atoms with van der Waals surface area (Å²) in [5.74, 6) is -2.39. The second kappa shape index (κ2) is 43.9. The van der Waals surface area contributed by atoms with Gasteiger partial charge in [-0.05, 0) is 70.3 Å². The van der Waals surface area contributed by atoms with Crippen LogP contribution < -0.4 is 10.6 Å². The van der Waals surface area contributed by atoms with Gasteiger partial charge in [-0.2, -0.15) is 0 Å². The van der Waals surface area contributed by atoms with Crippen molar-refractivity contribution in [3.8, 4) is 0 Å². The molecule has 0 radical (unpaired) electrons. The van der Waals surface area contributed by atoms with Crippen molar-refractivity contribution in [3.63, 3.8) is 0 Å². The molecule has 0 spiro atoms. The number of rotatable bonds is 44. The average Bonchev–Trinajstić information content (AvgIpc) is 3.21. The van der Waals surface area contributed by atoms with Gasteiger partial charge in [0, 0.05) is 12.8 Å². The van der Waals surface area contributed by atoms with E-state index in [4.69, 9.17) is 14.9 Å². The van der Waals surface area contributed by atoms with Crippen molar-refractivity contribution in [1.82, 2.24) is 10.6 Å². The van der Waals surface area contributed by atoms with E-state index in [-0.39, 0.29) is 30.9 Å². The van der Waals surface area contributed by atoms with Crippen molar-refractivity contribution in [2.75, 3.05) is 13.2 Å². The standard InChI is InChI=1S/C49H90N2O7/c1-3-5-7-9-11-13-14-15-16-17-18-19-20-21-22-23-24-25-26-27-29-31-37-41-48(55)58-44(38-34-30-28-12-10-8-6-4-2)39-35-32-33-36-40-46(53)50-42-47(54)51-45(43-52)49(56)57/h17-18,34,38,44-45,52H,3-16,19-33,35-37,39-43H2,1-2H3,(H,50,53)(H,51,54)(H,56,57)/b18-17-,38-34-. The highest BCUT2D eigenvalue weighted by atomic mass is 16.5. The van der Waals surface area contributed by atoms with E-state index in [1.807, 2.05) is 0 Å². The average molecular weight is 819 g/mol.